The van der Waals surface area contributed by atoms with E-state index in [2.05, 4.69) is 10.6 Å². The number of aliphatic carboxylic acids is 1. The lowest BCUT2D eigenvalue weighted by Gasteiger charge is -2.34. The molecule has 1 aromatic rings. The number of hydrogen-bond donors (Lipinski definition) is 3. The van der Waals surface area contributed by atoms with Crippen molar-refractivity contribution in [2.24, 2.45) is 0 Å². The van der Waals surface area contributed by atoms with Crippen LogP contribution in [-0.4, -0.2) is 28.4 Å². The molecular weight excluding hydrogens is 353 g/mol. The Labute approximate surface area is 147 Å². The first-order chi connectivity index (χ1) is 12.0. The van der Waals surface area contributed by atoms with Crippen LogP contribution < -0.4 is 10.6 Å². The van der Waals surface area contributed by atoms with Gasteiger partial charge in [0.05, 0.1) is 5.56 Å². The van der Waals surface area contributed by atoms with E-state index < -0.39 is 35.1 Å². The molecule has 2 amide bonds. The second-order valence-corrected chi connectivity index (χ2v) is 6.38. The van der Waals surface area contributed by atoms with Crippen molar-refractivity contribution >= 4 is 23.5 Å². The molecular formula is C17H19F3N2O4. The second kappa shape index (κ2) is 7.35. The standard InChI is InChI=1S/C17H19F3N2O4/c1-10(23)21-13-8-11(7-12(9-13)17(18,19)20)14(24)22-16(15(25)26)5-3-2-4-6-16/h7-9H,2-6H2,1H3,(H,21,23)(H,22,24)(H,25,26). The van der Waals surface area contributed by atoms with Crippen molar-refractivity contribution < 1.29 is 32.7 Å². The van der Waals surface area contributed by atoms with Crippen molar-refractivity contribution in [1.82, 2.24) is 5.32 Å². The first-order valence-corrected chi connectivity index (χ1v) is 8.09. The van der Waals surface area contributed by atoms with Crippen LogP contribution in [0.5, 0.6) is 0 Å². The molecule has 3 N–H and O–H groups in total. The van der Waals surface area contributed by atoms with Gasteiger partial charge in [-0.2, -0.15) is 13.2 Å². The van der Waals surface area contributed by atoms with Gasteiger partial charge in [0.1, 0.15) is 5.54 Å². The molecule has 2 rings (SSSR count). The Bertz CT molecular complexity index is 725. The normalized spacial score (nSPS) is 16.6. The number of hydrogen-bond acceptors (Lipinski definition) is 3. The van der Waals surface area contributed by atoms with Crippen LogP contribution in [0.25, 0.3) is 0 Å². The Morgan fingerprint density at radius 3 is 2.19 bits per heavy atom. The maximum atomic E-state index is 13.1. The number of carboxylic acids is 1. The molecule has 1 aliphatic rings. The van der Waals surface area contributed by atoms with E-state index in [1.54, 1.807) is 0 Å². The third-order valence-corrected chi connectivity index (χ3v) is 4.31. The van der Waals surface area contributed by atoms with Crippen LogP contribution in [0.15, 0.2) is 18.2 Å². The summed E-state index contributed by atoms with van der Waals surface area (Å²) in [6.45, 7) is 1.13. The highest BCUT2D eigenvalue weighted by molar-refractivity contribution is 5.99. The molecule has 26 heavy (non-hydrogen) atoms. The summed E-state index contributed by atoms with van der Waals surface area (Å²) in [6.07, 6.45) is -2.25. The molecule has 142 valence electrons. The summed E-state index contributed by atoms with van der Waals surface area (Å²) in [6, 6.07) is 2.44. The molecule has 1 aliphatic carbocycles. The second-order valence-electron chi connectivity index (χ2n) is 6.38. The summed E-state index contributed by atoms with van der Waals surface area (Å²) < 4.78 is 39.2. The molecule has 0 spiro atoms. The average molecular weight is 372 g/mol. The fraction of sp³-hybridized carbons (Fsp3) is 0.471. The van der Waals surface area contributed by atoms with Crippen LogP contribution >= 0.6 is 0 Å². The van der Waals surface area contributed by atoms with E-state index in [1.165, 1.54) is 0 Å². The highest BCUT2D eigenvalue weighted by Crippen LogP contribution is 2.33. The van der Waals surface area contributed by atoms with Gasteiger partial charge >= 0.3 is 12.1 Å². The number of alkyl halides is 3. The summed E-state index contributed by atoms with van der Waals surface area (Å²) in [5.74, 6) is -2.73. The molecule has 1 fully saturated rings. The number of halogens is 3. The Morgan fingerprint density at radius 2 is 1.69 bits per heavy atom. The molecule has 1 saturated carbocycles. The minimum absolute atomic E-state index is 0.189. The largest absolute Gasteiger partial charge is 0.480 e. The Morgan fingerprint density at radius 1 is 1.08 bits per heavy atom. The monoisotopic (exact) mass is 372 g/mol. The lowest BCUT2D eigenvalue weighted by Crippen LogP contribution is -2.55. The molecule has 6 nitrogen and oxygen atoms in total. The van der Waals surface area contributed by atoms with Gasteiger partial charge in [0.25, 0.3) is 5.91 Å². The molecule has 0 heterocycles. The smallest absolute Gasteiger partial charge is 0.416 e. The zero-order valence-corrected chi connectivity index (χ0v) is 14.1. The van der Waals surface area contributed by atoms with Crippen LogP contribution in [0.3, 0.4) is 0 Å². The zero-order valence-electron chi connectivity index (χ0n) is 14.1. The van der Waals surface area contributed by atoms with Crippen molar-refractivity contribution in [3.63, 3.8) is 0 Å². The summed E-state index contributed by atoms with van der Waals surface area (Å²) >= 11 is 0. The number of carboxylic acid groups (broad SMARTS) is 1. The Balaban J connectivity index is 2.37. The van der Waals surface area contributed by atoms with Gasteiger partial charge < -0.3 is 15.7 Å². The minimum atomic E-state index is -4.72. The van der Waals surface area contributed by atoms with Crippen LogP contribution in [0.4, 0.5) is 18.9 Å². The van der Waals surface area contributed by atoms with Gasteiger partial charge in [-0.3, -0.25) is 9.59 Å². The van der Waals surface area contributed by atoms with Crippen molar-refractivity contribution in [3.8, 4) is 0 Å². The fourth-order valence-corrected chi connectivity index (χ4v) is 3.03. The predicted molar refractivity (Wildman–Crippen MR) is 86.7 cm³/mol. The van der Waals surface area contributed by atoms with Crippen molar-refractivity contribution in [2.45, 2.75) is 50.7 Å². The average Bonchev–Trinajstić information content (AvgIpc) is 2.53. The van der Waals surface area contributed by atoms with Crippen LogP contribution in [0, 0.1) is 0 Å². The number of nitrogens with one attached hydrogen (secondary N) is 2. The number of carbonyl (C=O) groups is 3. The van der Waals surface area contributed by atoms with Gasteiger partial charge in [0, 0.05) is 18.2 Å². The van der Waals surface area contributed by atoms with Crippen molar-refractivity contribution in [1.29, 1.82) is 0 Å². The highest BCUT2D eigenvalue weighted by atomic mass is 19.4. The van der Waals surface area contributed by atoms with Crippen molar-refractivity contribution in [3.05, 3.63) is 29.3 Å². The van der Waals surface area contributed by atoms with Crippen LogP contribution in [-0.2, 0) is 15.8 Å². The number of amides is 2. The molecule has 0 unspecified atom stereocenters. The Hall–Kier alpha value is -2.58. The van der Waals surface area contributed by atoms with Crippen LogP contribution in [0.1, 0.15) is 54.9 Å². The first-order valence-electron chi connectivity index (χ1n) is 8.09. The maximum absolute atomic E-state index is 13.1. The van der Waals surface area contributed by atoms with E-state index >= 15 is 0 Å². The third-order valence-electron chi connectivity index (χ3n) is 4.31. The quantitative estimate of drug-likeness (QED) is 0.756. The number of anilines is 1. The lowest BCUT2D eigenvalue weighted by molar-refractivity contribution is -0.146. The fourth-order valence-electron chi connectivity index (χ4n) is 3.03. The van der Waals surface area contributed by atoms with Gasteiger partial charge in [-0.15, -0.1) is 0 Å². The topological polar surface area (TPSA) is 95.5 Å². The van der Waals surface area contributed by atoms with Crippen LogP contribution in [0.2, 0.25) is 0 Å². The zero-order chi connectivity index (χ0) is 19.5. The van der Waals surface area contributed by atoms with Gasteiger partial charge in [-0.1, -0.05) is 19.3 Å². The van der Waals surface area contributed by atoms with Gasteiger partial charge in [-0.05, 0) is 31.0 Å². The van der Waals surface area contributed by atoms with Crippen molar-refractivity contribution in [2.75, 3.05) is 5.32 Å². The van der Waals surface area contributed by atoms with E-state index in [4.69, 9.17) is 0 Å². The summed E-state index contributed by atoms with van der Waals surface area (Å²) in [7, 11) is 0. The Kier molecular flexibility index (Phi) is 5.58. The van der Waals surface area contributed by atoms with E-state index in [0.717, 1.165) is 19.4 Å². The molecule has 0 aromatic heterocycles. The van der Waals surface area contributed by atoms with Gasteiger partial charge in [0.15, 0.2) is 0 Å². The summed E-state index contributed by atoms with van der Waals surface area (Å²) in [4.78, 5) is 35.3. The molecule has 0 radical (unpaired) electrons. The van der Waals surface area contributed by atoms with Gasteiger partial charge in [-0.25, -0.2) is 4.79 Å². The lowest BCUT2D eigenvalue weighted by atomic mass is 9.81. The third kappa shape index (κ3) is 4.53. The number of rotatable bonds is 4. The first kappa shape index (κ1) is 19.7. The van der Waals surface area contributed by atoms with E-state index in [1.807, 2.05) is 0 Å². The van der Waals surface area contributed by atoms with Gasteiger partial charge in [0.2, 0.25) is 5.91 Å². The summed E-state index contributed by atoms with van der Waals surface area (Å²) in [5, 5.41) is 14.1. The van der Waals surface area contributed by atoms with E-state index in [9.17, 15) is 32.7 Å². The molecule has 0 aliphatic heterocycles. The summed E-state index contributed by atoms with van der Waals surface area (Å²) in [5.41, 5.74) is -3.15. The molecule has 0 bridgehead atoms. The van der Waals surface area contributed by atoms with E-state index in [-0.39, 0.29) is 24.1 Å². The number of benzene rings is 1. The molecule has 1 aromatic carbocycles. The molecule has 0 atom stereocenters. The minimum Gasteiger partial charge on any atom is -0.480 e. The molecule has 0 saturated heterocycles. The SMILES string of the molecule is CC(=O)Nc1cc(C(=O)NC2(C(=O)O)CCCCC2)cc(C(F)(F)F)c1. The maximum Gasteiger partial charge on any atom is 0.416 e. The molecule has 9 heteroatoms. The number of carbonyl (C=O) groups excluding carboxylic acids is 2. The predicted octanol–water partition coefficient (Wildman–Crippen LogP) is 3.18. The van der Waals surface area contributed by atoms with E-state index in [0.29, 0.717) is 25.0 Å². The highest BCUT2D eigenvalue weighted by Gasteiger charge is 2.41.